The third kappa shape index (κ3) is 65.8. The van der Waals surface area contributed by atoms with Gasteiger partial charge in [-0.15, -0.1) is 0 Å². The molecule has 0 aromatic rings. The number of unbranched alkanes of at least 4 members (excludes halogenated alkanes) is 22. The first kappa shape index (κ1) is 77.0. The topological polar surface area (TPSA) is 78.9 Å². The molecule has 0 aliphatic heterocycles. The number of carbonyl (C=O) groups excluding carboxylic acids is 3. The van der Waals surface area contributed by atoms with Crippen LogP contribution >= 0.6 is 0 Å². The molecular formula is C76H122O6. The average Bonchev–Trinajstić information content (AvgIpc) is 3.47. The molecule has 6 nitrogen and oxygen atoms in total. The van der Waals surface area contributed by atoms with Crippen LogP contribution in [0.3, 0.4) is 0 Å². The molecule has 82 heavy (non-hydrogen) atoms. The van der Waals surface area contributed by atoms with Crippen molar-refractivity contribution in [1.29, 1.82) is 0 Å². The summed E-state index contributed by atoms with van der Waals surface area (Å²) in [6.45, 7) is 6.37. The molecule has 1 unspecified atom stereocenters. The van der Waals surface area contributed by atoms with Crippen molar-refractivity contribution >= 4 is 17.9 Å². The lowest BCUT2D eigenvalue weighted by Gasteiger charge is -2.18. The summed E-state index contributed by atoms with van der Waals surface area (Å²) in [6.07, 6.45) is 99.7. The van der Waals surface area contributed by atoms with Crippen molar-refractivity contribution in [1.82, 2.24) is 0 Å². The average molecular weight is 1130 g/mol. The second-order valence-corrected chi connectivity index (χ2v) is 21.6. The van der Waals surface area contributed by atoms with Crippen molar-refractivity contribution < 1.29 is 28.6 Å². The molecule has 0 amide bonds. The molecule has 0 fully saturated rings. The fourth-order valence-electron chi connectivity index (χ4n) is 8.80. The minimum Gasteiger partial charge on any atom is -0.462 e. The molecular weight excluding hydrogens is 1010 g/mol. The van der Waals surface area contributed by atoms with Crippen LogP contribution in [-0.4, -0.2) is 37.2 Å². The third-order valence-electron chi connectivity index (χ3n) is 13.7. The summed E-state index contributed by atoms with van der Waals surface area (Å²) in [5, 5.41) is 0. The standard InChI is InChI=1S/C76H122O6/c1-4-7-10-13-16-19-22-25-27-29-30-31-32-33-34-35-36-37-38-39-40-41-42-43-44-45-46-48-49-51-54-57-60-63-66-69-75(78)81-72-73(71-80-74(77)68-65-62-59-56-53-24-21-18-15-12-9-6-3)82-76(79)70-67-64-61-58-55-52-50-47-28-26-23-20-17-14-11-8-5-2/h7-8,10-11,16-21,25-28,30-31,33-34,36-37,39-40,42-43,45-46,73H,4-6,9,12-15,22-24,29,32,35,38,41,44,47-72H2,1-3H3/b10-7-,11-8-,19-16-,20-17-,21-18-,27-25-,28-26-,31-30-,34-33-,37-36-,40-39-,43-42-,46-45-. The van der Waals surface area contributed by atoms with Crippen molar-refractivity contribution in [3.63, 3.8) is 0 Å². The van der Waals surface area contributed by atoms with Gasteiger partial charge in [0, 0.05) is 19.3 Å². The molecule has 0 heterocycles. The summed E-state index contributed by atoms with van der Waals surface area (Å²) in [7, 11) is 0. The maximum Gasteiger partial charge on any atom is 0.306 e. The van der Waals surface area contributed by atoms with E-state index >= 15 is 0 Å². The van der Waals surface area contributed by atoms with Gasteiger partial charge in [0.15, 0.2) is 6.10 Å². The van der Waals surface area contributed by atoms with E-state index in [1.807, 2.05) is 0 Å². The maximum absolute atomic E-state index is 12.9. The Morgan fingerprint density at radius 1 is 0.256 bits per heavy atom. The number of hydrogen-bond donors (Lipinski definition) is 0. The van der Waals surface area contributed by atoms with E-state index in [4.69, 9.17) is 14.2 Å². The molecule has 0 bridgehead atoms. The minimum absolute atomic E-state index is 0.0943. The Hall–Kier alpha value is -4.97. The van der Waals surface area contributed by atoms with E-state index in [1.54, 1.807) is 0 Å². The quantitative estimate of drug-likeness (QED) is 0.0261. The Kier molecular flexibility index (Phi) is 64.4. The van der Waals surface area contributed by atoms with Crippen LogP contribution in [0.25, 0.3) is 0 Å². The summed E-state index contributed by atoms with van der Waals surface area (Å²) in [5.74, 6) is -0.925. The fraction of sp³-hybridized carbons (Fsp3) is 0.618. The first-order valence-corrected chi connectivity index (χ1v) is 33.5. The zero-order chi connectivity index (χ0) is 59.2. The van der Waals surface area contributed by atoms with Crippen molar-refractivity contribution in [2.45, 2.75) is 290 Å². The molecule has 462 valence electrons. The summed E-state index contributed by atoms with van der Waals surface area (Å²) in [4.78, 5) is 38.3. The molecule has 0 aliphatic carbocycles. The van der Waals surface area contributed by atoms with Gasteiger partial charge in [0.25, 0.3) is 0 Å². The Morgan fingerprint density at radius 2 is 0.476 bits per heavy atom. The Morgan fingerprint density at radius 3 is 0.756 bits per heavy atom. The Bertz CT molecular complexity index is 1830. The Labute approximate surface area is 505 Å². The second-order valence-electron chi connectivity index (χ2n) is 21.6. The van der Waals surface area contributed by atoms with Crippen molar-refractivity contribution in [2.24, 2.45) is 0 Å². The van der Waals surface area contributed by atoms with Crippen molar-refractivity contribution in [3.8, 4) is 0 Å². The highest BCUT2D eigenvalue weighted by Gasteiger charge is 2.19. The smallest absolute Gasteiger partial charge is 0.306 e. The van der Waals surface area contributed by atoms with Gasteiger partial charge >= 0.3 is 17.9 Å². The molecule has 0 aromatic carbocycles. The van der Waals surface area contributed by atoms with Gasteiger partial charge in [-0.25, -0.2) is 0 Å². The number of esters is 3. The third-order valence-corrected chi connectivity index (χ3v) is 13.7. The van der Waals surface area contributed by atoms with E-state index in [2.05, 4.69) is 179 Å². The summed E-state index contributed by atoms with van der Waals surface area (Å²) in [5.41, 5.74) is 0. The highest BCUT2D eigenvalue weighted by Crippen LogP contribution is 2.15. The molecule has 0 rings (SSSR count). The van der Waals surface area contributed by atoms with Gasteiger partial charge < -0.3 is 14.2 Å². The van der Waals surface area contributed by atoms with Gasteiger partial charge in [0.1, 0.15) is 13.2 Å². The van der Waals surface area contributed by atoms with E-state index in [0.717, 1.165) is 161 Å². The lowest BCUT2D eigenvalue weighted by molar-refractivity contribution is -0.167. The van der Waals surface area contributed by atoms with E-state index in [0.29, 0.717) is 19.3 Å². The molecule has 0 saturated heterocycles. The van der Waals surface area contributed by atoms with Gasteiger partial charge in [0.05, 0.1) is 0 Å². The first-order chi connectivity index (χ1) is 40.5. The van der Waals surface area contributed by atoms with Gasteiger partial charge in [-0.2, -0.15) is 0 Å². The molecule has 0 aromatic heterocycles. The number of hydrogen-bond acceptors (Lipinski definition) is 6. The number of rotatable bonds is 59. The van der Waals surface area contributed by atoms with Crippen LogP contribution in [-0.2, 0) is 28.6 Å². The van der Waals surface area contributed by atoms with Crippen LogP contribution in [0.15, 0.2) is 158 Å². The van der Waals surface area contributed by atoms with Crippen molar-refractivity contribution in [2.75, 3.05) is 13.2 Å². The maximum atomic E-state index is 12.9. The SMILES string of the molecule is CC/C=C\C/C=C\C/C=C\C/C=C\C/C=C\C/C=C\C/C=C\C/C=C\C/C=C\CCCCCCCCCC(=O)OCC(COC(=O)CCCCCCC/C=C\CCCCC)OC(=O)CCCCCCCCC/C=C\C/C=C\C/C=C\CC. The van der Waals surface area contributed by atoms with Crippen LogP contribution in [0.1, 0.15) is 284 Å². The van der Waals surface area contributed by atoms with Crippen LogP contribution in [0.4, 0.5) is 0 Å². The van der Waals surface area contributed by atoms with E-state index in [-0.39, 0.29) is 31.1 Å². The van der Waals surface area contributed by atoms with Gasteiger partial charge in [-0.1, -0.05) is 275 Å². The van der Waals surface area contributed by atoms with Gasteiger partial charge in [-0.3, -0.25) is 14.4 Å². The fourth-order valence-corrected chi connectivity index (χ4v) is 8.80. The number of ether oxygens (including phenoxy) is 3. The molecule has 0 radical (unpaired) electrons. The van der Waals surface area contributed by atoms with E-state index in [9.17, 15) is 14.4 Å². The molecule has 0 saturated carbocycles. The lowest BCUT2D eigenvalue weighted by Crippen LogP contribution is -2.30. The van der Waals surface area contributed by atoms with E-state index in [1.165, 1.54) is 83.5 Å². The zero-order valence-electron chi connectivity index (χ0n) is 52.9. The second kappa shape index (κ2) is 68.5. The van der Waals surface area contributed by atoms with Crippen LogP contribution in [0.5, 0.6) is 0 Å². The molecule has 0 aliphatic rings. The van der Waals surface area contributed by atoms with Gasteiger partial charge in [-0.05, 0) is 148 Å². The number of allylic oxidation sites excluding steroid dienone is 26. The predicted octanol–water partition coefficient (Wildman–Crippen LogP) is 23.3. The number of carbonyl (C=O) groups is 3. The van der Waals surface area contributed by atoms with Crippen LogP contribution < -0.4 is 0 Å². The molecule has 6 heteroatoms. The van der Waals surface area contributed by atoms with Crippen molar-refractivity contribution in [3.05, 3.63) is 158 Å². The zero-order valence-corrected chi connectivity index (χ0v) is 52.9. The molecule has 0 N–H and O–H groups in total. The highest BCUT2D eigenvalue weighted by molar-refractivity contribution is 5.71. The molecule has 0 spiro atoms. The van der Waals surface area contributed by atoms with E-state index < -0.39 is 6.10 Å². The molecule has 1 atom stereocenters. The van der Waals surface area contributed by atoms with Gasteiger partial charge in [0.2, 0.25) is 0 Å². The lowest BCUT2D eigenvalue weighted by atomic mass is 10.1. The summed E-state index contributed by atoms with van der Waals surface area (Å²) < 4.78 is 16.9. The highest BCUT2D eigenvalue weighted by atomic mass is 16.6. The monoisotopic (exact) mass is 1130 g/mol. The Balaban J connectivity index is 4.29. The van der Waals surface area contributed by atoms with Crippen LogP contribution in [0.2, 0.25) is 0 Å². The minimum atomic E-state index is -0.798. The largest absolute Gasteiger partial charge is 0.462 e. The summed E-state index contributed by atoms with van der Waals surface area (Å²) in [6, 6.07) is 0. The predicted molar refractivity (Wildman–Crippen MR) is 357 cm³/mol. The van der Waals surface area contributed by atoms with Crippen LogP contribution in [0, 0.1) is 0 Å². The normalized spacial score (nSPS) is 13.2. The first-order valence-electron chi connectivity index (χ1n) is 33.5. The summed E-state index contributed by atoms with van der Waals surface area (Å²) >= 11 is 0.